The largest absolute Gasteiger partial charge is 0.420 e. The standard InChI is InChI=1S/C17H16N6OS/c1-10-6-4-5-7-13(10)15-21-20-14(24-15)9-25-17-19-16-18-11(2)8-12(3)23(16)22-17/h4-8H,9H2,1-3H3. The van der Waals surface area contributed by atoms with Crippen LogP contribution in [0.5, 0.6) is 0 Å². The Labute approximate surface area is 148 Å². The number of nitrogens with zero attached hydrogens (tertiary/aromatic N) is 6. The molecule has 0 amide bonds. The highest BCUT2D eigenvalue weighted by Crippen LogP contribution is 2.24. The minimum Gasteiger partial charge on any atom is -0.420 e. The van der Waals surface area contributed by atoms with E-state index in [1.54, 1.807) is 4.52 Å². The molecule has 0 aliphatic heterocycles. The maximum Gasteiger partial charge on any atom is 0.253 e. The summed E-state index contributed by atoms with van der Waals surface area (Å²) in [4.78, 5) is 8.83. The molecule has 126 valence electrons. The molecule has 0 radical (unpaired) electrons. The van der Waals surface area contributed by atoms with Crippen molar-refractivity contribution in [3.8, 4) is 11.5 Å². The molecule has 0 fully saturated rings. The molecule has 0 bridgehead atoms. The Morgan fingerprint density at radius 2 is 1.92 bits per heavy atom. The highest BCUT2D eigenvalue weighted by Gasteiger charge is 2.13. The summed E-state index contributed by atoms with van der Waals surface area (Å²) in [5.41, 5.74) is 3.98. The van der Waals surface area contributed by atoms with E-state index in [9.17, 15) is 0 Å². The number of thioether (sulfide) groups is 1. The number of hydrogen-bond donors (Lipinski definition) is 0. The van der Waals surface area contributed by atoms with Gasteiger partial charge in [0.25, 0.3) is 5.78 Å². The molecule has 0 aliphatic rings. The fourth-order valence-electron chi connectivity index (χ4n) is 2.57. The van der Waals surface area contributed by atoms with Gasteiger partial charge in [-0.25, -0.2) is 9.50 Å². The second kappa shape index (κ2) is 6.29. The van der Waals surface area contributed by atoms with Crippen LogP contribution in [0.2, 0.25) is 0 Å². The van der Waals surface area contributed by atoms with Crippen LogP contribution in [0.25, 0.3) is 17.2 Å². The van der Waals surface area contributed by atoms with Gasteiger partial charge in [0.15, 0.2) is 0 Å². The van der Waals surface area contributed by atoms with E-state index in [1.165, 1.54) is 11.8 Å². The van der Waals surface area contributed by atoms with Gasteiger partial charge in [0, 0.05) is 17.0 Å². The van der Waals surface area contributed by atoms with Crippen molar-refractivity contribution >= 4 is 17.5 Å². The second-order valence-corrected chi connectivity index (χ2v) is 6.69. The van der Waals surface area contributed by atoms with Gasteiger partial charge >= 0.3 is 0 Å². The Hall–Kier alpha value is -2.74. The van der Waals surface area contributed by atoms with Crippen LogP contribution in [0, 0.1) is 20.8 Å². The molecule has 0 N–H and O–H groups in total. The summed E-state index contributed by atoms with van der Waals surface area (Å²) in [7, 11) is 0. The summed E-state index contributed by atoms with van der Waals surface area (Å²) < 4.78 is 7.51. The predicted molar refractivity (Wildman–Crippen MR) is 94.3 cm³/mol. The summed E-state index contributed by atoms with van der Waals surface area (Å²) in [6.07, 6.45) is 0. The molecule has 0 aliphatic carbocycles. The summed E-state index contributed by atoms with van der Waals surface area (Å²) >= 11 is 1.45. The first-order valence-electron chi connectivity index (χ1n) is 7.82. The van der Waals surface area contributed by atoms with Crippen LogP contribution in [0.1, 0.15) is 22.8 Å². The minimum absolute atomic E-state index is 0.508. The van der Waals surface area contributed by atoms with E-state index in [-0.39, 0.29) is 0 Å². The normalized spacial score (nSPS) is 11.3. The first kappa shape index (κ1) is 15.8. The van der Waals surface area contributed by atoms with E-state index >= 15 is 0 Å². The topological polar surface area (TPSA) is 82.0 Å². The molecule has 7 nitrogen and oxygen atoms in total. The Morgan fingerprint density at radius 1 is 1.08 bits per heavy atom. The number of fused-ring (bicyclic) bond motifs is 1. The van der Waals surface area contributed by atoms with E-state index in [0.29, 0.717) is 28.5 Å². The van der Waals surface area contributed by atoms with Crippen molar-refractivity contribution in [1.82, 2.24) is 29.8 Å². The SMILES string of the molecule is Cc1cc(C)n2nc(SCc3nnc(-c4ccccc4C)o3)nc2n1. The maximum absolute atomic E-state index is 5.77. The molecule has 0 atom stereocenters. The molecule has 3 aromatic heterocycles. The van der Waals surface area contributed by atoms with Crippen LogP contribution in [0.15, 0.2) is 39.9 Å². The highest BCUT2D eigenvalue weighted by molar-refractivity contribution is 7.98. The molecule has 0 saturated heterocycles. The summed E-state index contributed by atoms with van der Waals surface area (Å²) in [5, 5.41) is 13.4. The third kappa shape index (κ3) is 3.12. The summed E-state index contributed by atoms with van der Waals surface area (Å²) in [6, 6.07) is 9.91. The summed E-state index contributed by atoms with van der Waals surface area (Å²) in [6.45, 7) is 5.95. The highest BCUT2D eigenvalue weighted by atomic mass is 32.2. The Kier molecular flexibility index (Phi) is 3.96. The van der Waals surface area contributed by atoms with Gasteiger partial charge in [-0.1, -0.05) is 30.0 Å². The van der Waals surface area contributed by atoms with Crippen molar-refractivity contribution in [1.29, 1.82) is 0 Å². The molecular weight excluding hydrogens is 336 g/mol. The third-order valence-corrected chi connectivity index (χ3v) is 4.59. The molecule has 25 heavy (non-hydrogen) atoms. The van der Waals surface area contributed by atoms with Gasteiger partial charge in [-0.15, -0.1) is 15.3 Å². The second-order valence-electron chi connectivity index (χ2n) is 5.75. The Bertz CT molecular complexity index is 1050. The molecule has 1 aromatic carbocycles. The molecule has 4 rings (SSSR count). The van der Waals surface area contributed by atoms with E-state index in [2.05, 4.69) is 25.3 Å². The van der Waals surface area contributed by atoms with Crippen molar-refractivity contribution in [2.24, 2.45) is 0 Å². The van der Waals surface area contributed by atoms with Crippen LogP contribution in [-0.2, 0) is 5.75 Å². The van der Waals surface area contributed by atoms with E-state index < -0.39 is 0 Å². The lowest BCUT2D eigenvalue weighted by atomic mass is 10.1. The van der Waals surface area contributed by atoms with Crippen LogP contribution in [0.4, 0.5) is 0 Å². The molecule has 0 saturated carbocycles. The minimum atomic E-state index is 0.508. The van der Waals surface area contributed by atoms with Gasteiger partial charge in [0.1, 0.15) is 0 Å². The first-order chi connectivity index (χ1) is 12.1. The van der Waals surface area contributed by atoms with Crippen molar-refractivity contribution in [2.75, 3.05) is 0 Å². The number of hydrogen-bond acceptors (Lipinski definition) is 7. The molecule has 4 aromatic rings. The van der Waals surface area contributed by atoms with Gasteiger partial charge in [0.05, 0.1) is 5.75 Å². The van der Waals surface area contributed by atoms with Crippen LogP contribution in [-0.4, -0.2) is 29.8 Å². The first-order valence-corrected chi connectivity index (χ1v) is 8.81. The van der Waals surface area contributed by atoms with Gasteiger partial charge in [-0.05, 0) is 38.5 Å². The third-order valence-electron chi connectivity index (χ3n) is 3.77. The quantitative estimate of drug-likeness (QED) is 0.521. The molecule has 0 spiro atoms. The Balaban J connectivity index is 1.52. The maximum atomic E-state index is 5.77. The number of aromatic nitrogens is 6. The van der Waals surface area contributed by atoms with E-state index in [4.69, 9.17) is 4.42 Å². The number of rotatable bonds is 4. The number of aryl methyl sites for hydroxylation is 3. The fraction of sp³-hybridized carbons (Fsp3) is 0.235. The van der Waals surface area contributed by atoms with Crippen molar-refractivity contribution in [3.63, 3.8) is 0 Å². The zero-order valence-corrected chi connectivity index (χ0v) is 14.9. The zero-order valence-electron chi connectivity index (χ0n) is 14.1. The number of benzene rings is 1. The van der Waals surface area contributed by atoms with Crippen molar-refractivity contribution < 1.29 is 4.42 Å². The van der Waals surface area contributed by atoms with Crippen molar-refractivity contribution in [2.45, 2.75) is 31.7 Å². The van der Waals surface area contributed by atoms with Gasteiger partial charge in [0.2, 0.25) is 16.9 Å². The van der Waals surface area contributed by atoms with Crippen molar-refractivity contribution in [3.05, 3.63) is 53.2 Å². The van der Waals surface area contributed by atoms with E-state index in [1.807, 2.05) is 51.1 Å². The lowest BCUT2D eigenvalue weighted by Crippen LogP contribution is -1.97. The monoisotopic (exact) mass is 352 g/mol. The molecule has 8 heteroatoms. The predicted octanol–water partition coefficient (Wildman–Crippen LogP) is 3.39. The molecule has 0 unspecified atom stereocenters. The van der Waals surface area contributed by atoms with Crippen LogP contribution >= 0.6 is 11.8 Å². The van der Waals surface area contributed by atoms with E-state index in [0.717, 1.165) is 22.5 Å². The average Bonchev–Trinajstić information content (AvgIpc) is 3.20. The molecular formula is C17H16N6OS. The van der Waals surface area contributed by atoms with Crippen LogP contribution < -0.4 is 0 Å². The lowest BCUT2D eigenvalue weighted by molar-refractivity contribution is 0.528. The van der Waals surface area contributed by atoms with Gasteiger partial charge < -0.3 is 4.42 Å². The fourth-order valence-corrected chi connectivity index (χ4v) is 3.22. The zero-order chi connectivity index (χ0) is 17.4. The Morgan fingerprint density at radius 3 is 2.76 bits per heavy atom. The lowest BCUT2D eigenvalue weighted by Gasteiger charge is -1.98. The smallest absolute Gasteiger partial charge is 0.253 e. The van der Waals surface area contributed by atoms with Gasteiger partial charge in [-0.3, -0.25) is 0 Å². The van der Waals surface area contributed by atoms with Crippen LogP contribution in [0.3, 0.4) is 0 Å². The molecule has 3 heterocycles. The summed E-state index contributed by atoms with van der Waals surface area (Å²) in [5.74, 6) is 2.19. The average molecular weight is 352 g/mol. The van der Waals surface area contributed by atoms with Gasteiger partial charge in [-0.2, -0.15) is 4.98 Å².